The van der Waals surface area contributed by atoms with Crippen molar-refractivity contribution in [3.63, 3.8) is 0 Å². The van der Waals surface area contributed by atoms with Crippen molar-refractivity contribution in [2.75, 3.05) is 13.2 Å². The molecule has 1 atom stereocenters. The summed E-state index contributed by atoms with van der Waals surface area (Å²) in [6.07, 6.45) is 5.54. The van der Waals surface area contributed by atoms with E-state index in [-0.39, 0.29) is 18.3 Å². The van der Waals surface area contributed by atoms with Gasteiger partial charge in [-0.1, -0.05) is 18.2 Å². The second kappa shape index (κ2) is 9.11. The maximum atomic E-state index is 12.7. The number of aromatic amines is 1. The zero-order valence-electron chi connectivity index (χ0n) is 17.1. The molecule has 1 N–H and O–H groups in total. The van der Waals surface area contributed by atoms with E-state index in [9.17, 15) is 9.59 Å². The molecule has 4 rings (SSSR count). The van der Waals surface area contributed by atoms with E-state index in [1.807, 2.05) is 24.4 Å². The number of amides is 1. The molecule has 158 valence electrons. The molecule has 0 bridgehead atoms. The molecule has 8 heteroatoms. The van der Waals surface area contributed by atoms with Crippen LogP contribution in [0.5, 0.6) is 0 Å². The molecule has 1 amide bonds. The lowest BCUT2D eigenvalue weighted by molar-refractivity contribution is -0.156. The van der Waals surface area contributed by atoms with Crippen LogP contribution >= 0.6 is 0 Å². The molecule has 3 heterocycles. The maximum absolute atomic E-state index is 12.7. The van der Waals surface area contributed by atoms with Crippen molar-refractivity contribution in [1.29, 1.82) is 0 Å². The third kappa shape index (κ3) is 4.37. The van der Waals surface area contributed by atoms with Gasteiger partial charge in [-0.3, -0.25) is 4.79 Å². The van der Waals surface area contributed by atoms with Crippen LogP contribution in [-0.2, 0) is 27.2 Å². The van der Waals surface area contributed by atoms with Gasteiger partial charge in [0.25, 0.3) is 0 Å². The number of aromatic nitrogens is 3. The fourth-order valence-electron chi connectivity index (χ4n) is 3.97. The van der Waals surface area contributed by atoms with Gasteiger partial charge < -0.3 is 19.0 Å². The van der Waals surface area contributed by atoms with Crippen LogP contribution in [0.4, 0.5) is 0 Å². The van der Waals surface area contributed by atoms with Crippen molar-refractivity contribution in [3.05, 3.63) is 47.8 Å². The highest BCUT2D eigenvalue weighted by atomic mass is 16.5. The molecule has 1 saturated heterocycles. The van der Waals surface area contributed by atoms with E-state index in [1.165, 1.54) is 0 Å². The average molecular weight is 410 g/mol. The van der Waals surface area contributed by atoms with Crippen molar-refractivity contribution in [1.82, 2.24) is 20.1 Å². The summed E-state index contributed by atoms with van der Waals surface area (Å²) in [5.74, 6) is 0.556. The maximum Gasteiger partial charge on any atom is 0.328 e. The molecule has 0 radical (unpaired) electrons. The van der Waals surface area contributed by atoms with Gasteiger partial charge in [0.1, 0.15) is 6.04 Å². The van der Waals surface area contributed by atoms with Crippen molar-refractivity contribution < 1.29 is 18.7 Å². The number of carbonyl (C=O) groups is 2. The van der Waals surface area contributed by atoms with Gasteiger partial charge in [-0.05, 0) is 37.8 Å². The second-order valence-corrected chi connectivity index (χ2v) is 7.48. The number of rotatable bonds is 7. The monoisotopic (exact) mass is 410 g/mol. The number of likely N-dealkylation sites (tertiary alicyclic amines) is 1. The number of para-hydroxylation sites is 1. The summed E-state index contributed by atoms with van der Waals surface area (Å²) in [5, 5.41) is 9.34. The predicted molar refractivity (Wildman–Crippen MR) is 110 cm³/mol. The number of nitrogens with one attached hydrogen (secondary N) is 1. The summed E-state index contributed by atoms with van der Waals surface area (Å²) in [6, 6.07) is 7.57. The number of H-pyrrole nitrogens is 1. The number of piperidine rings is 1. The molecule has 0 saturated carbocycles. The average Bonchev–Trinajstić information content (AvgIpc) is 3.39. The van der Waals surface area contributed by atoms with Crippen molar-refractivity contribution in [2.45, 2.75) is 51.5 Å². The molecule has 2 aromatic heterocycles. The van der Waals surface area contributed by atoms with Gasteiger partial charge >= 0.3 is 5.97 Å². The highest BCUT2D eigenvalue weighted by Gasteiger charge is 2.33. The smallest absolute Gasteiger partial charge is 0.328 e. The molecule has 1 fully saturated rings. The minimum absolute atomic E-state index is 0.0795. The first-order valence-corrected chi connectivity index (χ1v) is 10.5. The highest BCUT2D eigenvalue weighted by molar-refractivity contribution is 5.85. The van der Waals surface area contributed by atoms with Crippen molar-refractivity contribution in [3.8, 4) is 0 Å². The molecule has 0 aliphatic carbocycles. The minimum Gasteiger partial charge on any atom is -0.464 e. The number of ether oxygens (including phenoxy) is 1. The number of fused-ring (bicyclic) bond motifs is 1. The molecular weight excluding hydrogens is 384 g/mol. The summed E-state index contributed by atoms with van der Waals surface area (Å²) in [4.78, 5) is 29.8. The lowest BCUT2D eigenvalue weighted by atomic mass is 10.0. The first-order chi connectivity index (χ1) is 14.7. The Morgan fingerprint density at radius 2 is 2.07 bits per heavy atom. The number of nitrogens with zero attached hydrogens (tertiary/aromatic N) is 3. The first kappa shape index (κ1) is 20.1. The molecule has 0 spiro atoms. The predicted octanol–water partition coefficient (Wildman–Crippen LogP) is 3.02. The van der Waals surface area contributed by atoms with Crippen LogP contribution in [0.15, 0.2) is 34.9 Å². The Kier molecular flexibility index (Phi) is 6.11. The van der Waals surface area contributed by atoms with Crippen LogP contribution in [0.25, 0.3) is 10.9 Å². The number of hydrogen-bond acceptors (Lipinski definition) is 6. The molecular formula is C22H26N4O4. The normalized spacial score (nSPS) is 16.7. The van der Waals surface area contributed by atoms with Crippen LogP contribution in [0.2, 0.25) is 0 Å². The van der Waals surface area contributed by atoms with E-state index in [4.69, 9.17) is 9.15 Å². The SMILES string of the molecule is CCOC(=O)[C@H]1CCCCN1C(=O)CCc1nnc(Cc2c[nH]c3ccccc23)o1. The first-order valence-electron chi connectivity index (χ1n) is 10.5. The molecule has 1 aliphatic heterocycles. The van der Waals surface area contributed by atoms with Crippen molar-refractivity contribution in [2.24, 2.45) is 0 Å². The van der Waals surface area contributed by atoms with E-state index in [0.717, 1.165) is 29.3 Å². The van der Waals surface area contributed by atoms with Crippen LogP contribution in [-0.4, -0.2) is 51.2 Å². The third-order valence-electron chi connectivity index (χ3n) is 5.46. The van der Waals surface area contributed by atoms with Gasteiger partial charge in [0.2, 0.25) is 17.7 Å². The lowest BCUT2D eigenvalue weighted by Crippen LogP contribution is -2.48. The van der Waals surface area contributed by atoms with E-state index in [0.29, 0.717) is 44.2 Å². The molecule has 3 aromatic rings. The van der Waals surface area contributed by atoms with Gasteiger partial charge in [-0.25, -0.2) is 4.79 Å². The Bertz CT molecular complexity index is 1030. The van der Waals surface area contributed by atoms with Gasteiger partial charge in [0.15, 0.2) is 0 Å². The fraction of sp³-hybridized carbons (Fsp3) is 0.455. The Hall–Kier alpha value is -3.16. The standard InChI is InChI=1S/C22H26N4O4/c1-2-29-22(28)18-9-5-6-12-26(18)21(27)11-10-19-24-25-20(30-19)13-15-14-23-17-8-4-3-7-16(15)17/h3-4,7-8,14,18,23H,2,5-6,9-13H2,1H3/t18-/m1/s1. The highest BCUT2D eigenvalue weighted by Crippen LogP contribution is 2.22. The topological polar surface area (TPSA) is 101 Å². The minimum atomic E-state index is -0.480. The Morgan fingerprint density at radius 3 is 2.93 bits per heavy atom. The van der Waals surface area contributed by atoms with Gasteiger partial charge in [0.05, 0.1) is 13.0 Å². The van der Waals surface area contributed by atoms with Gasteiger partial charge in [-0.2, -0.15) is 0 Å². The number of hydrogen-bond donors (Lipinski definition) is 1. The van der Waals surface area contributed by atoms with Gasteiger partial charge in [-0.15, -0.1) is 10.2 Å². The quantitative estimate of drug-likeness (QED) is 0.601. The summed E-state index contributed by atoms with van der Waals surface area (Å²) < 4.78 is 10.9. The fourth-order valence-corrected chi connectivity index (χ4v) is 3.97. The zero-order valence-corrected chi connectivity index (χ0v) is 17.1. The molecule has 8 nitrogen and oxygen atoms in total. The zero-order chi connectivity index (χ0) is 20.9. The lowest BCUT2D eigenvalue weighted by Gasteiger charge is -2.34. The molecule has 1 aromatic carbocycles. The Labute approximate surface area is 174 Å². The van der Waals surface area contributed by atoms with Crippen molar-refractivity contribution >= 4 is 22.8 Å². The summed E-state index contributed by atoms with van der Waals surface area (Å²) >= 11 is 0. The van der Waals surface area contributed by atoms with Crippen LogP contribution in [0, 0.1) is 0 Å². The number of esters is 1. The molecule has 1 aliphatic rings. The Balaban J connectivity index is 1.35. The van der Waals surface area contributed by atoms with E-state index >= 15 is 0 Å². The second-order valence-electron chi connectivity index (χ2n) is 7.48. The van der Waals surface area contributed by atoms with Crippen LogP contribution < -0.4 is 0 Å². The van der Waals surface area contributed by atoms with Crippen LogP contribution in [0.1, 0.15) is 50.0 Å². The summed E-state index contributed by atoms with van der Waals surface area (Å²) in [5.41, 5.74) is 2.15. The number of carbonyl (C=O) groups excluding carboxylic acids is 2. The van der Waals surface area contributed by atoms with Gasteiger partial charge in [0, 0.05) is 36.5 Å². The number of benzene rings is 1. The molecule has 30 heavy (non-hydrogen) atoms. The van der Waals surface area contributed by atoms with E-state index in [2.05, 4.69) is 21.2 Å². The summed E-state index contributed by atoms with van der Waals surface area (Å²) in [7, 11) is 0. The van der Waals surface area contributed by atoms with Crippen LogP contribution in [0.3, 0.4) is 0 Å². The van der Waals surface area contributed by atoms with E-state index in [1.54, 1.807) is 11.8 Å². The molecule has 0 unspecified atom stereocenters. The number of aryl methyl sites for hydroxylation is 1. The Morgan fingerprint density at radius 1 is 1.23 bits per heavy atom. The largest absolute Gasteiger partial charge is 0.464 e. The summed E-state index contributed by atoms with van der Waals surface area (Å²) in [6.45, 7) is 2.67. The third-order valence-corrected chi connectivity index (χ3v) is 5.46. The van der Waals surface area contributed by atoms with E-state index < -0.39 is 6.04 Å².